The lowest BCUT2D eigenvalue weighted by Gasteiger charge is -2.16. The van der Waals surface area contributed by atoms with Crippen molar-refractivity contribution in [1.29, 1.82) is 0 Å². The molecule has 6 nitrogen and oxygen atoms in total. The molecule has 0 aromatic heterocycles. The molecule has 1 atom stereocenters. The zero-order chi connectivity index (χ0) is 13.0. The van der Waals surface area contributed by atoms with Crippen molar-refractivity contribution in [3.63, 3.8) is 0 Å². The molecule has 0 aliphatic carbocycles. The highest BCUT2D eigenvalue weighted by Crippen LogP contribution is 2.17. The molecule has 2 rings (SSSR count). The first-order chi connectivity index (χ1) is 8.58. The predicted octanol–water partition coefficient (Wildman–Crippen LogP) is 0.402. The van der Waals surface area contributed by atoms with E-state index < -0.39 is 16.1 Å². The monoisotopic (exact) mass is 276 g/mol. The van der Waals surface area contributed by atoms with E-state index >= 15 is 0 Å². The average molecular weight is 276 g/mol. The van der Waals surface area contributed by atoms with Crippen LogP contribution in [-0.2, 0) is 19.7 Å². The van der Waals surface area contributed by atoms with E-state index in [1.165, 1.54) is 4.31 Å². The number of nitrogens with one attached hydrogen (secondary N) is 1. The van der Waals surface area contributed by atoms with Gasteiger partial charge in [-0.25, -0.2) is 4.72 Å². The van der Waals surface area contributed by atoms with Crippen LogP contribution in [0.2, 0.25) is 0 Å². The molecule has 2 fully saturated rings. The lowest BCUT2D eigenvalue weighted by molar-refractivity contribution is -0.120. The van der Waals surface area contributed by atoms with Crippen molar-refractivity contribution in [2.24, 2.45) is 0 Å². The van der Waals surface area contributed by atoms with Gasteiger partial charge in [0, 0.05) is 26.1 Å². The van der Waals surface area contributed by atoms with Gasteiger partial charge in [0.15, 0.2) is 0 Å². The van der Waals surface area contributed by atoms with Gasteiger partial charge in [0.25, 0.3) is 0 Å². The lowest BCUT2D eigenvalue weighted by Crippen LogP contribution is -2.42. The first kappa shape index (κ1) is 13.8. The topological polar surface area (TPSA) is 75.7 Å². The Morgan fingerprint density at radius 1 is 1.28 bits per heavy atom. The predicted molar refractivity (Wildman–Crippen MR) is 66.1 cm³/mol. The van der Waals surface area contributed by atoms with Gasteiger partial charge in [-0.2, -0.15) is 12.7 Å². The Morgan fingerprint density at radius 3 is 2.61 bits per heavy atom. The maximum absolute atomic E-state index is 11.8. The van der Waals surface area contributed by atoms with Crippen LogP contribution in [0.1, 0.15) is 38.5 Å². The highest BCUT2D eigenvalue weighted by atomic mass is 32.2. The SMILES string of the molecule is O=C(CCC1CCCO1)NS(=O)(=O)N1CCCC1. The molecule has 2 aliphatic heterocycles. The maximum Gasteiger partial charge on any atom is 0.303 e. The van der Waals surface area contributed by atoms with Crippen LogP contribution in [0.25, 0.3) is 0 Å². The number of hydrogen-bond donors (Lipinski definition) is 1. The summed E-state index contributed by atoms with van der Waals surface area (Å²) in [6, 6.07) is 0. The summed E-state index contributed by atoms with van der Waals surface area (Å²) in [5.74, 6) is -0.433. The van der Waals surface area contributed by atoms with Crippen LogP contribution < -0.4 is 4.72 Å². The Kier molecular flexibility index (Phi) is 4.58. The second kappa shape index (κ2) is 5.99. The molecule has 0 aromatic rings. The minimum Gasteiger partial charge on any atom is -0.378 e. The molecule has 18 heavy (non-hydrogen) atoms. The number of amides is 1. The fourth-order valence-electron chi connectivity index (χ4n) is 2.35. The van der Waals surface area contributed by atoms with Crippen LogP contribution >= 0.6 is 0 Å². The second-order valence-corrected chi connectivity index (χ2v) is 6.48. The molecule has 2 saturated heterocycles. The number of ether oxygens (including phenoxy) is 1. The molecule has 0 spiro atoms. The van der Waals surface area contributed by atoms with E-state index in [2.05, 4.69) is 4.72 Å². The van der Waals surface area contributed by atoms with Gasteiger partial charge in [-0.05, 0) is 32.1 Å². The van der Waals surface area contributed by atoms with Crippen LogP contribution in [0.5, 0.6) is 0 Å². The summed E-state index contributed by atoms with van der Waals surface area (Å²) in [5, 5.41) is 0. The third-order valence-corrected chi connectivity index (χ3v) is 4.90. The Bertz CT molecular complexity index is 384. The van der Waals surface area contributed by atoms with E-state index in [-0.39, 0.29) is 12.5 Å². The number of rotatable bonds is 5. The molecular weight excluding hydrogens is 256 g/mol. The van der Waals surface area contributed by atoms with Gasteiger partial charge in [-0.1, -0.05) is 0 Å². The van der Waals surface area contributed by atoms with E-state index in [1.807, 2.05) is 0 Å². The van der Waals surface area contributed by atoms with Crippen LogP contribution in [0.4, 0.5) is 0 Å². The van der Waals surface area contributed by atoms with Crippen LogP contribution in [0, 0.1) is 0 Å². The highest BCUT2D eigenvalue weighted by Gasteiger charge is 2.27. The normalized spacial score (nSPS) is 25.4. The average Bonchev–Trinajstić information content (AvgIpc) is 2.99. The van der Waals surface area contributed by atoms with Gasteiger partial charge in [-0.15, -0.1) is 0 Å². The molecule has 1 N–H and O–H groups in total. The lowest BCUT2D eigenvalue weighted by atomic mass is 10.1. The molecule has 0 bridgehead atoms. The molecule has 0 radical (unpaired) electrons. The van der Waals surface area contributed by atoms with Crippen LogP contribution in [0.3, 0.4) is 0 Å². The molecule has 0 saturated carbocycles. The largest absolute Gasteiger partial charge is 0.378 e. The van der Waals surface area contributed by atoms with Crippen molar-refractivity contribution in [2.75, 3.05) is 19.7 Å². The summed E-state index contributed by atoms with van der Waals surface area (Å²) in [4.78, 5) is 11.6. The zero-order valence-electron chi connectivity index (χ0n) is 10.4. The van der Waals surface area contributed by atoms with E-state index in [1.54, 1.807) is 0 Å². The van der Waals surface area contributed by atoms with Gasteiger partial charge >= 0.3 is 10.2 Å². The standard InChI is InChI=1S/C11H20N2O4S/c14-11(6-5-10-4-3-9-17-10)12-18(15,16)13-7-1-2-8-13/h10H,1-9H2,(H,12,14). The Labute approximate surface area is 108 Å². The van der Waals surface area contributed by atoms with Gasteiger partial charge in [0.1, 0.15) is 0 Å². The van der Waals surface area contributed by atoms with Crippen LogP contribution in [0.15, 0.2) is 0 Å². The van der Waals surface area contributed by atoms with Crippen molar-refractivity contribution in [3.8, 4) is 0 Å². The first-order valence-corrected chi connectivity index (χ1v) is 7.94. The molecular formula is C11H20N2O4S. The summed E-state index contributed by atoms with van der Waals surface area (Å²) in [6.45, 7) is 1.76. The summed E-state index contributed by atoms with van der Waals surface area (Å²) < 4.78 is 32.5. The molecule has 2 aliphatic rings. The van der Waals surface area contributed by atoms with Crippen LogP contribution in [-0.4, -0.2) is 44.4 Å². The smallest absolute Gasteiger partial charge is 0.303 e. The van der Waals surface area contributed by atoms with Crippen molar-refractivity contribution >= 4 is 16.1 Å². The number of carbonyl (C=O) groups excluding carboxylic acids is 1. The van der Waals surface area contributed by atoms with E-state index in [4.69, 9.17) is 4.74 Å². The summed E-state index contributed by atoms with van der Waals surface area (Å²) >= 11 is 0. The molecule has 1 amide bonds. The molecule has 7 heteroatoms. The minimum atomic E-state index is -3.61. The number of nitrogens with zero attached hydrogens (tertiary/aromatic N) is 1. The van der Waals surface area contributed by atoms with Gasteiger partial charge in [-0.3, -0.25) is 4.79 Å². The van der Waals surface area contributed by atoms with Crippen molar-refractivity contribution in [2.45, 2.75) is 44.6 Å². The van der Waals surface area contributed by atoms with Gasteiger partial charge in [0.2, 0.25) is 5.91 Å². The summed E-state index contributed by atoms with van der Waals surface area (Å²) in [5.41, 5.74) is 0. The molecule has 2 heterocycles. The molecule has 1 unspecified atom stereocenters. The van der Waals surface area contributed by atoms with E-state index in [9.17, 15) is 13.2 Å². The van der Waals surface area contributed by atoms with E-state index in [0.717, 1.165) is 32.3 Å². The third-order valence-electron chi connectivity index (χ3n) is 3.37. The summed E-state index contributed by atoms with van der Waals surface area (Å²) in [6.07, 6.45) is 4.64. The zero-order valence-corrected chi connectivity index (χ0v) is 11.2. The Hall–Kier alpha value is -0.660. The quantitative estimate of drug-likeness (QED) is 0.789. The van der Waals surface area contributed by atoms with Crippen molar-refractivity contribution < 1.29 is 17.9 Å². The fourth-order valence-corrected chi connectivity index (χ4v) is 3.61. The Morgan fingerprint density at radius 2 is 2.00 bits per heavy atom. The van der Waals surface area contributed by atoms with E-state index in [0.29, 0.717) is 19.5 Å². The van der Waals surface area contributed by atoms with Gasteiger partial charge in [0.05, 0.1) is 6.10 Å². The fraction of sp³-hybridized carbons (Fsp3) is 0.909. The van der Waals surface area contributed by atoms with Gasteiger partial charge < -0.3 is 4.74 Å². The second-order valence-electron chi connectivity index (χ2n) is 4.81. The number of carbonyl (C=O) groups is 1. The summed E-state index contributed by atoms with van der Waals surface area (Å²) in [7, 11) is -3.61. The molecule has 104 valence electrons. The highest BCUT2D eigenvalue weighted by molar-refractivity contribution is 7.87. The minimum absolute atomic E-state index is 0.116. The first-order valence-electron chi connectivity index (χ1n) is 6.50. The molecule has 0 aromatic carbocycles. The Balaban J connectivity index is 1.75. The number of hydrogen-bond acceptors (Lipinski definition) is 4. The van der Waals surface area contributed by atoms with Crippen molar-refractivity contribution in [3.05, 3.63) is 0 Å². The maximum atomic E-state index is 11.8. The van der Waals surface area contributed by atoms with Crippen molar-refractivity contribution in [1.82, 2.24) is 9.03 Å². The third kappa shape index (κ3) is 3.66.